The highest BCUT2D eigenvalue weighted by Gasteiger charge is 2.29. The largest absolute Gasteiger partial charge is 0.309 e. The SMILES string of the molecule is C1=CN2NC(c3ccc(-n4c5ccccc5c5cc(-c6ccc7c(c6)c6ccccc6n7-c6ccccc6)ccc54)cc3)N=C2C(c2ccc(-c3ncccn3)cc2)=C1. The van der Waals surface area contributed by atoms with E-state index in [-0.39, 0.29) is 6.17 Å². The van der Waals surface area contributed by atoms with E-state index >= 15 is 0 Å². The van der Waals surface area contributed by atoms with Gasteiger partial charge in [-0.1, -0.05) is 103 Å². The average Bonchev–Trinajstić information content (AvgIpc) is 4.00. The molecule has 1 unspecified atom stereocenters. The Bertz CT molecular complexity index is 3340. The summed E-state index contributed by atoms with van der Waals surface area (Å²) in [4.78, 5) is 14.0. The Morgan fingerprint density at radius 3 is 1.64 bits per heavy atom. The monoisotopic (exact) mass is 757 g/mol. The van der Waals surface area contributed by atoms with Crippen LogP contribution in [-0.4, -0.2) is 29.9 Å². The molecule has 7 heteroatoms. The van der Waals surface area contributed by atoms with Crippen molar-refractivity contribution in [2.24, 2.45) is 4.99 Å². The van der Waals surface area contributed by atoms with Gasteiger partial charge in [-0.25, -0.2) is 20.4 Å². The first-order valence-electron chi connectivity index (χ1n) is 19.9. The van der Waals surface area contributed by atoms with E-state index in [9.17, 15) is 0 Å². The molecule has 0 spiro atoms. The summed E-state index contributed by atoms with van der Waals surface area (Å²) < 4.78 is 4.74. The molecule has 1 N–H and O–H groups in total. The van der Waals surface area contributed by atoms with Crippen molar-refractivity contribution in [3.8, 4) is 33.9 Å². The van der Waals surface area contributed by atoms with Gasteiger partial charge in [-0.2, -0.15) is 0 Å². The lowest BCUT2D eigenvalue weighted by Crippen LogP contribution is -2.34. The predicted octanol–water partition coefficient (Wildman–Crippen LogP) is 11.8. The Morgan fingerprint density at radius 2 is 1.00 bits per heavy atom. The van der Waals surface area contributed by atoms with Crippen LogP contribution in [0.4, 0.5) is 0 Å². The smallest absolute Gasteiger partial charge is 0.159 e. The molecular formula is C52H35N7. The summed E-state index contributed by atoms with van der Waals surface area (Å²) in [5.41, 5.74) is 17.2. The molecule has 7 aromatic carbocycles. The molecule has 0 saturated carbocycles. The molecule has 2 aliphatic heterocycles. The first-order chi connectivity index (χ1) is 29.2. The molecule has 0 radical (unpaired) electrons. The average molecular weight is 758 g/mol. The van der Waals surface area contributed by atoms with Crippen molar-refractivity contribution in [3.63, 3.8) is 0 Å². The van der Waals surface area contributed by atoms with Gasteiger partial charge in [0.15, 0.2) is 11.7 Å². The summed E-state index contributed by atoms with van der Waals surface area (Å²) in [5.74, 6) is 1.61. The number of hydrogen-bond donors (Lipinski definition) is 1. The van der Waals surface area contributed by atoms with Crippen molar-refractivity contribution < 1.29 is 0 Å². The number of rotatable bonds is 6. The molecule has 5 heterocycles. The standard InChI is InChI=1S/C52H35N7/c1-2-10-39(11-3-1)58-46-15-6-4-12-42(46)44-32-37(23-27-48(44)58)38-24-28-49-45(33-38)43-13-5-7-16-47(43)59(49)40-25-21-36(22-26-40)51-55-52-41(14-8-31-57(52)56-51)34-17-19-35(20-18-34)50-53-29-9-30-54-50/h1-33,51,56H. The highest BCUT2D eigenvalue weighted by Crippen LogP contribution is 2.39. The van der Waals surface area contributed by atoms with Crippen LogP contribution in [0.3, 0.4) is 0 Å². The maximum absolute atomic E-state index is 5.18. The Balaban J connectivity index is 0.875. The Kier molecular flexibility index (Phi) is 7.54. The van der Waals surface area contributed by atoms with Crippen LogP contribution in [0.5, 0.6) is 0 Å². The number of allylic oxidation sites excluding steroid dienone is 2. The summed E-state index contributed by atoms with van der Waals surface area (Å²) in [5, 5.41) is 6.98. The fraction of sp³-hybridized carbons (Fsp3) is 0.0192. The van der Waals surface area contributed by atoms with Crippen molar-refractivity contribution in [3.05, 3.63) is 212 Å². The topological polar surface area (TPSA) is 63.3 Å². The molecule has 10 aromatic rings. The zero-order valence-electron chi connectivity index (χ0n) is 31.8. The van der Waals surface area contributed by atoms with Crippen LogP contribution < -0.4 is 5.43 Å². The number of aromatic nitrogens is 4. The van der Waals surface area contributed by atoms with Crippen LogP contribution in [0.25, 0.3) is 83.1 Å². The van der Waals surface area contributed by atoms with E-state index in [4.69, 9.17) is 4.99 Å². The van der Waals surface area contributed by atoms with Gasteiger partial charge in [0.25, 0.3) is 0 Å². The van der Waals surface area contributed by atoms with E-state index < -0.39 is 0 Å². The molecule has 278 valence electrons. The summed E-state index contributed by atoms with van der Waals surface area (Å²) >= 11 is 0. The maximum atomic E-state index is 5.18. The van der Waals surface area contributed by atoms with Gasteiger partial charge in [-0.15, -0.1) is 0 Å². The van der Waals surface area contributed by atoms with E-state index in [2.05, 4.69) is 200 Å². The number of para-hydroxylation sites is 3. The van der Waals surface area contributed by atoms with Gasteiger partial charge < -0.3 is 9.13 Å². The van der Waals surface area contributed by atoms with Crippen molar-refractivity contribution in [1.82, 2.24) is 29.5 Å². The van der Waals surface area contributed by atoms with E-state index in [1.54, 1.807) is 12.4 Å². The van der Waals surface area contributed by atoms with Gasteiger partial charge in [0.2, 0.25) is 0 Å². The number of hydrogen-bond acceptors (Lipinski definition) is 5. The van der Waals surface area contributed by atoms with Crippen LogP contribution in [-0.2, 0) is 0 Å². The second-order valence-corrected chi connectivity index (χ2v) is 15.0. The molecule has 7 nitrogen and oxygen atoms in total. The number of nitrogens with zero attached hydrogens (tertiary/aromatic N) is 6. The first kappa shape index (κ1) is 33.3. The van der Waals surface area contributed by atoms with Gasteiger partial charge in [-0.3, -0.25) is 5.01 Å². The lowest BCUT2D eigenvalue weighted by Gasteiger charge is -2.22. The summed E-state index contributed by atoms with van der Waals surface area (Å²) in [7, 11) is 0. The third-order valence-corrected chi connectivity index (χ3v) is 11.7. The summed E-state index contributed by atoms with van der Waals surface area (Å²) in [6, 6.07) is 60.8. The molecule has 2 aliphatic rings. The third kappa shape index (κ3) is 5.44. The van der Waals surface area contributed by atoms with Crippen LogP contribution in [0.1, 0.15) is 17.3 Å². The molecule has 0 amide bonds. The van der Waals surface area contributed by atoms with Crippen LogP contribution >= 0.6 is 0 Å². The maximum Gasteiger partial charge on any atom is 0.159 e. The van der Waals surface area contributed by atoms with Crippen molar-refractivity contribution in [1.29, 1.82) is 0 Å². The predicted molar refractivity (Wildman–Crippen MR) is 240 cm³/mol. The fourth-order valence-electron chi connectivity index (χ4n) is 8.88. The Morgan fingerprint density at radius 1 is 0.458 bits per heavy atom. The van der Waals surface area contributed by atoms with Crippen LogP contribution in [0.2, 0.25) is 0 Å². The summed E-state index contributed by atoms with van der Waals surface area (Å²) in [6.45, 7) is 0. The fourth-order valence-corrected chi connectivity index (χ4v) is 8.88. The molecule has 3 aromatic heterocycles. The van der Waals surface area contributed by atoms with Gasteiger partial charge in [0.05, 0.1) is 22.1 Å². The number of fused-ring (bicyclic) bond motifs is 7. The first-order valence-corrected chi connectivity index (χ1v) is 19.9. The van der Waals surface area contributed by atoms with Crippen LogP contribution in [0.15, 0.2) is 206 Å². The minimum Gasteiger partial charge on any atom is -0.309 e. The van der Waals surface area contributed by atoms with Crippen LogP contribution in [0, 0.1) is 0 Å². The number of amidine groups is 1. The highest BCUT2D eigenvalue weighted by molar-refractivity contribution is 6.24. The Hall–Kier alpha value is -7.87. The normalized spacial score (nSPS) is 15.0. The number of benzene rings is 7. The molecule has 59 heavy (non-hydrogen) atoms. The quantitative estimate of drug-likeness (QED) is 0.183. The zero-order chi connectivity index (χ0) is 38.9. The van der Waals surface area contributed by atoms with Crippen molar-refractivity contribution in [2.75, 3.05) is 0 Å². The van der Waals surface area contributed by atoms with E-state index in [1.807, 2.05) is 17.3 Å². The minimum atomic E-state index is -0.220. The molecule has 1 atom stereocenters. The number of hydrazine groups is 1. The van der Waals surface area contributed by atoms with E-state index in [1.165, 1.54) is 60.4 Å². The molecule has 0 fully saturated rings. The van der Waals surface area contributed by atoms with Gasteiger partial charge >= 0.3 is 0 Å². The van der Waals surface area contributed by atoms with Crippen molar-refractivity contribution in [2.45, 2.75) is 6.17 Å². The molecule has 0 bridgehead atoms. The van der Waals surface area contributed by atoms with E-state index in [0.717, 1.165) is 33.8 Å². The molecule has 0 saturated heterocycles. The molecule has 12 rings (SSSR count). The number of nitrogens with one attached hydrogen (secondary N) is 1. The van der Waals surface area contributed by atoms with Gasteiger partial charge in [-0.05, 0) is 101 Å². The third-order valence-electron chi connectivity index (χ3n) is 11.7. The Labute approximate surface area is 340 Å². The number of aliphatic imine (C=N–C) groups is 1. The second kappa shape index (κ2) is 13.4. The van der Waals surface area contributed by atoms with E-state index in [0.29, 0.717) is 5.82 Å². The second-order valence-electron chi connectivity index (χ2n) is 15.0. The van der Waals surface area contributed by atoms with Gasteiger partial charge in [0.1, 0.15) is 6.17 Å². The molecule has 0 aliphatic carbocycles. The highest BCUT2D eigenvalue weighted by atomic mass is 15.6. The lowest BCUT2D eigenvalue weighted by atomic mass is 10.0. The lowest BCUT2D eigenvalue weighted by molar-refractivity contribution is 0.387. The minimum absolute atomic E-state index is 0.220. The van der Waals surface area contributed by atoms with Crippen molar-refractivity contribution >= 4 is 55.0 Å². The zero-order valence-corrected chi connectivity index (χ0v) is 31.8. The van der Waals surface area contributed by atoms with Gasteiger partial charge in [0, 0.05) is 62.6 Å². The molecular weight excluding hydrogens is 723 g/mol. The summed E-state index contributed by atoms with van der Waals surface area (Å²) in [6.07, 6.45) is 9.51.